The van der Waals surface area contributed by atoms with Crippen LogP contribution in [0.15, 0.2) is 0 Å². The van der Waals surface area contributed by atoms with Crippen molar-refractivity contribution in [2.75, 3.05) is 50.3 Å². The van der Waals surface area contributed by atoms with E-state index in [9.17, 15) is 13.0 Å². The minimum Gasteiger partial charge on any atom is -0.412 e. The van der Waals surface area contributed by atoms with Crippen LogP contribution in [0, 0.1) is 0 Å². The lowest BCUT2D eigenvalue weighted by Gasteiger charge is -2.33. The number of hydrogen-bond donors (Lipinski definition) is 3. The molecule has 1 unspecified atom stereocenters. The molecule has 6 N–H and O–H groups in total. The lowest BCUT2D eigenvalue weighted by atomic mass is 10.5. The van der Waals surface area contributed by atoms with Crippen LogP contribution in [0.1, 0.15) is 6.42 Å². The Morgan fingerprint density at radius 1 is 1.32 bits per heavy atom. The molecular formula is C9H24Cl2N3O6PS. The standard InChI is InChI=1S/C7H15Cl2N2O2P.C2H7NO3S.H2O/c8-2-5-11(6-3-9)14(12)10-4-1-7-13-14;3-1-2-7(4,5)6;/h1-7H2,(H,10,12);1-3H2,(H,4,5,6);1H2. The van der Waals surface area contributed by atoms with Gasteiger partial charge in [-0.25, -0.2) is 9.76 Å². The van der Waals surface area contributed by atoms with Gasteiger partial charge in [0.25, 0.3) is 10.1 Å². The summed E-state index contributed by atoms with van der Waals surface area (Å²) < 4.78 is 46.5. The van der Waals surface area contributed by atoms with Gasteiger partial charge in [-0.2, -0.15) is 8.42 Å². The summed E-state index contributed by atoms with van der Waals surface area (Å²) >= 11 is 11.2. The summed E-state index contributed by atoms with van der Waals surface area (Å²) in [7, 11) is -6.64. The molecule has 22 heavy (non-hydrogen) atoms. The summed E-state index contributed by atoms with van der Waals surface area (Å²) in [5.41, 5.74) is 4.78. The van der Waals surface area contributed by atoms with Gasteiger partial charge in [-0.3, -0.25) is 9.12 Å². The van der Waals surface area contributed by atoms with Crippen LogP contribution in [0.5, 0.6) is 0 Å². The zero-order chi connectivity index (χ0) is 16.4. The third-order valence-electron chi connectivity index (χ3n) is 2.33. The van der Waals surface area contributed by atoms with E-state index in [0.717, 1.165) is 13.0 Å². The van der Waals surface area contributed by atoms with Crippen LogP contribution in [0.3, 0.4) is 0 Å². The Hall–Kier alpha value is 0.520. The van der Waals surface area contributed by atoms with Gasteiger partial charge in [-0.1, -0.05) is 0 Å². The van der Waals surface area contributed by atoms with Crippen LogP contribution in [-0.2, 0) is 19.2 Å². The van der Waals surface area contributed by atoms with Crippen molar-refractivity contribution in [3.8, 4) is 0 Å². The van der Waals surface area contributed by atoms with Gasteiger partial charge in [0.15, 0.2) is 0 Å². The second-order valence-electron chi connectivity index (χ2n) is 4.02. The summed E-state index contributed by atoms with van der Waals surface area (Å²) in [4.78, 5) is 0. The lowest BCUT2D eigenvalue weighted by molar-refractivity contribution is 0.233. The monoisotopic (exact) mass is 403 g/mol. The third-order valence-corrected chi connectivity index (χ3v) is 5.72. The predicted octanol–water partition coefficient (Wildman–Crippen LogP) is -0.108. The van der Waals surface area contributed by atoms with E-state index in [1.165, 1.54) is 0 Å². The first-order valence-corrected chi connectivity index (χ1v) is 10.6. The van der Waals surface area contributed by atoms with Gasteiger partial charge >= 0.3 is 7.67 Å². The number of halogens is 2. The van der Waals surface area contributed by atoms with Gasteiger partial charge in [0.1, 0.15) is 0 Å². The average Bonchev–Trinajstić information content (AvgIpc) is 2.39. The minimum absolute atomic E-state index is 0. The van der Waals surface area contributed by atoms with E-state index in [4.69, 9.17) is 38.0 Å². The molecule has 0 aliphatic carbocycles. The molecular weight excluding hydrogens is 380 g/mol. The Balaban J connectivity index is 0. The molecule has 1 atom stereocenters. The van der Waals surface area contributed by atoms with E-state index < -0.39 is 17.8 Å². The van der Waals surface area contributed by atoms with Crippen LogP contribution in [0.2, 0.25) is 0 Å². The second-order valence-corrected chi connectivity index (χ2v) is 8.53. The second kappa shape index (κ2) is 12.9. The first-order chi connectivity index (χ1) is 9.79. The maximum absolute atomic E-state index is 12.2. The van der Waals surface area contributed by atoms with E-state index in [-0.39, 0.29) is 17.8 Å². The van der Waals surface area contributed by atoms with Gasteiger partial charge in [-0.05, 0) is 6.42 Å². The smallest absolute Gasteiger partial charge is 0.343 e. The maximum atomic E-state index is 12.2. The molecule has 0 saturated carbocycles. The minimum atomic E-state index is -3.80. The molecule has 0 aromatic carbocycles. The number of hydrogen-bond acceptors (Lipinski definition) is 5. The molecule has 1 aliphatic rings. The highest BCUT2D eigenvalue weighted by Crippen LogP contribution is 2.47. The van der Waals surface area contributed by atoms with Gasteiger partial charge in [0.05, 0.1) is 12.4 Å². The van der Waals surface area contributed by atoms with Crippen molar-refractivity contribution in [2.45, 2.75) is 6.42 Å². The van der Waals surface area contributed by atoms with Crippen LogP contribution in [-0.4, -0.2) is 73.4 Å². The highest BCUT2D eigenvalue weighted by molar-refractivity contribution is 7.85. The van der Waals surface area contributed by atoms with Crippen molar-refractivity contribution in [3.63, 3.8) is 0 Å². The van der Waals surface area contributed by atoms with Crippen LogP contribution in [0.4, 0.5) is 0 Å². The Bertz CT molecular complexity index is 412. The number of nitrogens with one attached hydrogen (secondary N) is 1. The summed E-state index contributed by atoms with van der Waals surface area (Å²) in [6, 6.07) is 0. The molecule has 136 valence electrons. The van der Waals surface area contributed by atoms with Gasteiger partial charge in [0.2, 0.25) is 0 Å². The molecule has 1 heterocycles. The van der Waals surface area contributed by atoms with E-state index in [1.807, 2.05) is 0 Å². The molecule has 1 saturated heterocycles. The van der Waals surface area contributed by atoms with Gasteiger partial charge in [0, 0.05) is 37.9 Å². The molecule has 1 rings (SSSR count). The quantitative estimate of drug-likeness (QED) is 0.302. The van der Waals surface area contributed by atoms with Crippen LogP contribution < -0.4 is 10.8 Å². The zero-order valence-corrected chi connectivity index (χ0v) is 15.3. The summed E-state index contributed by atoms with van der Waals surface area (Å²) in [6.07, 6.45) is 0.888. The molecule has 1 fully saturated rings. The van der Waals surface area contributed by atoms with Gasteiger partial charge in [-0.15, -0.1) is 23.2 Å². The van der Waals surface area contributed by atoms with E-state index in [0.29, 0.717) is 31.5 Å². The van der Waals surface area contributed by atoms with Crippen molar-refractivity contribution >= 4 is 41.0 Å². The zero-order valence-electron chi connectivity index (χ0n) is 12.1. The largest absolute Gasteiger partial charge is 0.412 e. The first-order valence-electron chi connectivity index (χ1n) is 6.31. The Labute approximate surface area is 141 Å². The Kier molecular flexibility index (Phi) is 14.5. The maximum Gasteiger partial charge on any atom is 0.343 e. The molecule has 13 heteroatoms. The molecule has 0 bridgehead atoms. The van der Waals surface area contributed by atoms with E-state index in [2.05, 4.69) is 5.09 Å². The number of alkyl halides is 2. The highest BCUT2D eigenvalue weighted by Gasteiger charge is 2.32. The molecule has 1 aliphatic heterocycles. The highest BCUT2D eigenvalue weighted by atomic mass is 35.5. The molecule has 9 nitrogen and oxygen atoms in total. The molecule has 0 aromatic heterocycles. The SMILES string of the molecule is NCCS(=O)(=O)O.O.O=P1(N(CCCl)CCCl)NCCCO1. The normalized spacial score (nSPS) is 21.7. The molecule has 0 aromatic rings. The summed E-state index contributed by atoms with van der Waals surface area (Å²) in [5, 5.41) is 2.91. The number of nitrogens with zero attached hydrogens (tertiary/aromatic N) is 1. The van der Waals surface area contributed by atoms with Crippen LogP contribution in [0.25, 0.3) is 0 Å². The van der Waals surface area contributed by atoms with Crippen LogP contribution >= 0.6 is 30.9 Å². The lowest BCUT2D eigenvalue weighted by Crippen LogP contribution is -2.35. The molecule has 0 spiro atoms. The average molecular weight is 404 g/mol. The van der Waals surface area contributed by atoms with Gasteiger partial charge < -0.3 is 15.7 Å². The summed E-state index contributed by atoms with van der Waals surface area (Å²) in [6.45, 7) is 2.28. The predicted molar refractivity (Wildman–Crippen MR) is 88.3 cm³/mol. The first kappa shape index (κ1) is 24.8. The Morgan fingerprint density at radius 2 is 1.86 bits per heavy atom. The van der Waals surface area contributed by atoms with Crippen molar-refractivity contribution in [1.29, 1.82) is 0 Å². The van der Waals surface area contributed by atoms with E-state index in [1.54, 1.807) is 4.67 Å². The fraction of sp³-hybridized carbons (Fsp3) is 1.00. The fourth-order valence-electron chi connectivity index (χ4n) is 1.43. The van der Waals surface area contributed by atoms with E-state index >= 15 is 0 Å². The Morgan fingerprint density at radius 3 is 2.14 bits per heavy atom. The summed E-state index contributed by atoms with van der Waals surface area (Å²) in [5.74, 6) is 0.491. The number of nitrogens with two attached hydrogens (primary N) is 1. The van der Waals surface area contributed by atoms with Crippen molar-refractivity contribution in [3.05, 3.63) is 0 Å². The van der Waals surface area contributed by atoms with Crippen molar-refractivity contribution in [2.24, 2.45) is 5.73 Å². The van der Waals surface area contributed by atoms with Crippen molar-refractivity contribution in [1.82, 2.24) is 9.76 Å². The molecule has 0 amide bonds. The number of rotatable bonds is 7. The fourth-order valence-corrected chi connectivity index (χ4v) is 4.37. The molecule has 0 radical (unpaired) electrons. The topological polar surface area (TPSA) is 153 Å². The van der Waals surface area contributed by atoms with Crippen molar-refractivity contribution < 1.29 is 27.5 Å². The third kappa shape index (κ3) is 11.1.